The van der Waals surface area contributed by atoms with Gasteiger partial charge in [0.25, 0.3) is 0 Å². The molecule has 0 aromatic heterocycles. The normalized spacial score (nSPS) is 21.1. The maximum atomic E-state index is 12.4. The van der Waals surface area contributed by atoms with Crippen molar-refractivity contribution < 1.29 is 14.3 Å². The number of guanidine groups is 1. The molecule has 2 atom stereocenters. The average Bonchev–Trinajstić information content (AvgIpc) is 2.72. The molecule has 178 valence electrons. The van der Waals surface area contributed by atoms with Gasteiger partial charge in [-0.3, -0.25) is 9.79 Å². The van der Waals surface area contributed by atoms with Gasteiger partial charge in [0.15, 0.2) is 5.96 Å². The van der Waals surface area contributed by atoms with E-state index in [1.165, 1.54) is 0 Å². The van der Waals surface area contributed by atoms with Crippen molar-refractivity contribution in [2.45, 2.75) is 51.6 Å². The number of anilines is 1. The number of nitrogens with one attached hydrogen (secondary N) is 3. The molecule has 0 radical (unpaired) electrons. The number of hydrogen-bond acceptors (Lipinski definition) is 4. The van der Waals surface area contributed by atoms with Crippen molar-refractivity contribution in [1.29, 1.82) is 0 Å². The first kappa shape index (κ1) is 26.2. The molecule has 9 heteroatoms. The van der Waals surface area contributed by atoms with E-state index in [2.05, 4.69) is 27.0 Å². The van der Waals surface area contributed by atoms with E-state index in [9.17, 15) is 9.59 Å². The molecule has 8 nitrogen and oxygen atoms in total. The highest BCUT2D eigenvalue weighted by molar-refractivity contribution is 14.0. The lowest BCUT2D eigenvalue weighted by Crippen LogP contribution is -2.47. The molecule has 0 saturated carbocycles. The first-order chi connectivity index (χ1) is 14.7. The van der Waals surface area contributed by atoms with Crippen molar-refractivity contribution in [1.82, 2.24) is 15.5 Å². The Labute approximate surface area is 208 Å². The molecule has 2 aliphatic heterocycles. The van der Waals surface area contributed by atoms with E-state index >= 15 is 0 Å². The van der Waals surface area contributed by atoms with E-state index < -0.39 is 5.60 Å². The number of nitrogens with zero attached hydrogens (tertiary/aromatic N) is 2. The van der Waals surface area contributed by atoms with Gasteiger partial charge in [0.2, 0.25) is 5.91 Å². The SMILES string of the molecule is CN=C(NCC1CCCN(C(=O)OC(C)(C)C)C1)NCC1CC(=O)Nc2ccccc21.I. The summed E-state index contributed by atoms with van der Waals surface area (Å²) in [6.45, 7) is 8.42. The van der Waals surface area contributed by atoms with Gasteiger partial charge in [0.05, 0.1) is 0 Å². The predicted octanol–water partition coefficient (Wildman–Crippen LogP) is 3.54. The van der Waals surface area contributed by atoms with E-state index in [-0.39, 0.29) is 41.9 Å². The van der Waals surface area contributed by atoms with Crippen LogP contribution in [0.15, 0.2) is 29.3 Å². The summed E-state index contributed by atoms with van der Waals surface area (Å²) in [7, 11) is 1.74. The molecule has 1 aromatic rings. The molecular weight excluding hydrogens is 521 g/mol. The van der Waals surface area contributed by atoms with E-state index in [4.69, 9.17) is 4.74 Å². The summed E-state index contributed by atoms with van der Waals surface area (Å²) in [6.07, 6.45) is 2.23. The Hall–Kier alpha value is -2.04. The van der Waals surface area contributed by atoms with Crippen molar-refractivity contribution >= 4 is 47.6 Å². The second kappa shape index (κ2) is 11.7. The van der Waals surface area contributed by atoms with Crippen LogP contribution in [0.4, 0.5) is 10.5 Å². The average molecular weight is 557 g/mol. The second-order valence-corrected chi connectivity index (χ2v) is 9.31. The molecule has 0 aliphatic carbocycles. The van der Waals surface area contributed by atoms with Gasteiger partial charge in [0, 0.05) is 51.3 Å². The maximum absolute atomic E-state index is 12.4. The Balaban J connectivity index is 0.00000363. The maximum Gasteiger partial charge on any atom is 0.410 e. The number of amides is 2. The van der Waals surface area contributed by atoms with Gasteiger partial charge in [0.1, 0.15) is 5.60 Å². The predicted molar refractivity (Wildman–Crippen MR) is 138 cm³/mol. The minimum atomic E-state index is -0.483. The Morgan fingerprint density at radius 3 is 2.69 bits per heavy atom. The molecular formula is C23H36IN5O3. The molecule has 0 bridgehead atoms. The van der Waals surface area contributed by atoms with Gasteiger partial charge in [-0.1, -0.05) is 18.2 Å². The van der Waals surface area contributed by atoms with Crippen LogP contribution in [-0.4, -0.2) is 61.7 Å². The molecule has 3 rings (SSSR count). The topological polar surface area (TPSA) is 95.1 Å². The third-order valence-corrected chi connectivity index (χ3v) is 5.57. The second-order valence-electron chi connectivity index (χ2n) is 9.31. The van der Waals surface area contributed by atoms with E-state index in [0.717, 1.165) is 37.2 Å². The third kappa shape index (κ3) is 7.53. The first-order valence-electron chi connectivity index (χ1n) is 11.1. The van der Waals surface area contributed by atoms with E-state index in [0.29, 0.717) is 31.4 Å². The molecule has 2 unspecified atom stereocenters. The summed E-state index contributed by atoms with van der Waals surface area (Å²) < 4.78 is 5.51. The van der Waals surface area contributed by atoms with Crippen LogP contribution in [-0.2, 0) is 9.53 Å². The Morgan fingerprint density at radius 1 is 1.25 bits per heavy atom. The van der Waals surface area contributed by atoms with E-state index in [1.807, 2.05) is 39.0 Å². The summed E-state index contributed by atoms with van der Waals surface area (Å²) >= 11 is 0. The zero-order valence-electron chi connectivity index (χ0n) is 19.4. The van der Waals surface area contributed by atoms with Crippen LogP contribution in [0.25, 0.3) is 0 Å². The number of carbonyl (C=O) groups excluding carboxylic acids is 2. The summed E-state index contributed by atoms with van der Waals surface area (Å²) in [4.78, 5) is 30.5. The molecule has 1 saturated heterocycles. The van der Waals surface area contributed by atoms with Crippen LogP contribution in [0.5, 0.6) is 0 Å². The summed E-state index contributed by atoms with van der Waals surface area (Å²) in [5.74, 6) is 1.18. The van der Waals surface area contributed by atoms with Crippen LogP contribution in [0.2, 0.25) is 0 Å². The first-order valence-corrected chi connectivity index (χ1v) is 11.1. The Bertz CT molecular complexity index is 824. The van der Waals surface area contributed by atoms with Gasteiger partial charge < -0.3 is 25.6 Å². The lowest BCUT2D eigenvalue weighted by Gasteiger charge is -2.34. The summed E-state index contributed by atoms with van der Waals surface area (Å²) in [6, 6.07) is 7.92. The van der Waals surface area contributed by atoms with Gasteiger partial charge >= 0.3 is 6.09 Å². The number of ether oxygens (including phenoxy) is 1. The van der Waals surface area contributed by atoms with Crippen molar-refractivity contribution in [3.63, 3.8) is 0 Å². The van der Waals surface area contributed by atoms with Gasteiger partial charge in [-0.2, -0.15) is 0 Å². The van der Waals surface area contributed by atoms with Crippen molar-refractivity contribution in [3.8, 4) is 0 Å². The Kier molecular flexibility index (Phi) is 9.60. The van der Waals surface area contributed by atoms with Crippen LogP contribution >= 0.6 is 24.0 Å². The van der Waals surface area contributed by atoms with Gasteiger partial charge in [-0.05, 0) is 51.2 Å². The zero-order valence-corrected chi connectivity index (χ0v) is 21.8. The fourth-order valence-corrected chi connectivity index (χ4v) is 4.09. The smallest absolute Gasteiger partial charge is 0.410 e. The summed E-state index contributed by atoms with van der Waals surface area (Å²) in [5.41, 5.74) is 1.55. The highest BCUT2D eigenvalue weighted by Gasteiger charge is 2.28. The lowest BCUT2D eigenvalue weighted by atomic mass is 9.90. The molecule has 1 aromatic carbocycles. The number of carbonyl (C=O) groups is 2. The van der Waals surface area contributed by atoms with E-state index in [1.54, 1.807) is 11.9 Å². The van der Waals surface area contributed by atoms with Gasteiger partial charge in [-0.15, -0.1) is 24.0 Å². The molecule has 1 fully saturated rings. The largest absolute Gasteiger partial charge is 0.444 e. The molecule has 3 N–H and O–H groups in total. The van der Waals surface area contributed by atoms with Crippen molar-refractivity contribution in [2.24, 2.45) is 10.9 Å². The van der Waals surface area contributed by atoms with Crippen LogP contribution < -0.4 is 16.0 Å². The van der Waals surface area contributed by atoms with Crippen LogP contribution in [0.1, 0.15) is 51.5 Å². The summed E-state index contributed by atoms with van der Waals surface area (Å²) in [5, 5.41) is 9.67. The van der Waals surface area contributed by atoms with Gasteiger partial charge in [-0.25, -0.2) is 4.79 Å². The number of fused-ring (bicyclic) bond motifs is 1. The minimum absolute atomic E-state index is 0. The third-order valence-electron chi connectivity index (χ3n) is 5.57. The number of aliphatic imine (C=N–C) groups is 1. The minimum Gasteiger partial charge on any atom is -0.444 e. The highest BCUT2D eigenvalue weighted by atomic mass is 127. The van der Waals surface area contributed by atoms with Crippen LogP contribution in [0.3, 0.4) is 0 Å². The number of hydrogen-bond donors (Lipinski definition) is 3. The molecule has 32 heavy (non-hydrogen) atoms. The monoisotopic (exact) mass is 557 g/mol. The molecule has 2 amide bonds. The highest BCUT2D eigenvalue weighted by Crippen LogP contribution is 2.31. The number of rotatable bonds is 4. The molecule has 0 spiro atoms. The standard InChI is InChI=1S/C23H35N5O3.HI/c1-23(2,3)31-22(30)28-11-7-8-16(15-28)13-25-21(24-4)26-14-17-12-20(29)27-19-10-6-5-9-18(17)19;/h5-6,9-10,16-17H,7-8,11-15H2,1-4H3,(H,27,29)(H2,24,25,26);1H. The number of benzene rings is 1. The number of para-hydroxylation sites is 1. The zero-order chi connectivity index (χ0) is 22.4. The van der Waals surface area contributed by atoms with Crippen LogP contribution in [0, 0.1) is 5.92 Å². The van der Waals surface area contributed by atoms with Crippen molar-refractivity contribution in [3.05, 3.63) is 29.8 Å². The number of piperidine rings is 1. The fraction of sp³-hybridized carbons (Fsp3) is 0.609. The lowest BCUT2D eigenvalue weighted by molar-refractivity contribution is -0.116. The Morgan fingerprint density at radius 2 is 1.97 bits per heavy atom. The molecule has 2 heterocycles. The quantitative estimate of drug-likeness (QED) is 0.299. The number of likely N-dealkylation sites (tertiary alicyclic amines) is 1. The number of halogens is 1. The fourth-order valence-electron chi connectivity index (χ4n) is 4.09. The van der Waals surface area contributed by atoms with Crippen molar-refractivity contribution in [2.75, 3.05) is 38.5 Å². The molecule has 2 aliphatic rings.